The van der Waals surface area contributed by atoms with Gasteiger partial charge in [0.15, 0.2) is 5.65 Å². The summed E-state index contributed by atoms with van der Waals surface area (Å²) in [5.41, 5.74) is 2.96. The van der Waals surface area contributed by atoms with Gasteiger partial charge < -0.3 is 5.32 Å². The second-order valence-electron chi connectivity index (χ2n) is 6.68. The Labute approximate surface area is 175 Å². The van der Waals surface area contributed by atoms with E-state index in [1.807, 2.05) is 43.3 Å². The van der Waals surface area contributed by atoms with Gasteiger partial charge in [0.2, 0.25) is 5.91 Å². The number of rotatable bonds is 5. The normalized spacial score (nSPS) is 11.0. The lowest BCUT2D eigenvalue weighted by Crippen LogP contribution is -2.23. The van der Waals surface area contributed by atoms with Gasteiger partial charge in [-0.25, -0.2) is 9.67 Å². The largest absolute Gasteiger partial charge is 0.326 e. The molecule has 0 saturated heterocycles. The van der Waals surface area contributed by atoms with E-state index in [4.69, 9.17) is 0 Å². The van der Waals surface area contributed by atoms with E-state index in [0.29, 0.717) is 16.7 Å². The SMILES string of the molecule is Cc1ccc(-n2ncc3c(=O)n(CCC(=O)Nc4ccc(Br)cc4)cnc32)cc1. The lowest BCUT2D eigenvalue weighted by atomic mass is 10.2. The maximum Gasteiger partial charge on any atom is 0.264 e. The molecule has 0 bridgehead atoms. The first kappa shape index (κ1) is 19.1. The van der Waals surface area contributed by atoms with Crippen LogP contribution in [-0.2, 0) is 11.3 Å². The molecule has 2 heterocycles. The third-order valence-corrected chi connectivity index (χ3v) is 5.07. The number of nitrogens with one attached hydrogen (secondary N) is 1. The molecule has 0 spiro atoms. The van der Waals surface area contributed by atoms with Crippen molar-refractivity contribution in [3.8, 4) is 5.69 Å². The third kappa shape index (κ3) is 4.12. The average Bonchev–Trinajstić information content (AvgIpc) is 3.15. The van der Waals surface area contributed by atoms with Crippen molar-refractivity contribution in [1.29, 1.82) is 0 Å². The lowest BCUT2D eigenvalue weighted by Gasteiger charge is -2.08. The molecule has 0 aliphatic carbocycles. The second kappa shape index (κ2) is 8.00. The second-order valence-corrected chi connectivity index (χ2v) is 7.59. The average molecular weight is 452 g/mol. The van der Waals surface area contributed by atoms with Crippen molar-refractivity contribution in [2.24, 2.45) is 0 Å². The first-order valence-corrected chi connectivity index (χ1v) is 9.86. The molecule has 1 N–H and O–H groups in total. The summed E-state index contributed by atoms with van der Waals surface area (Å²) in [4.78, 5) is 29.4. The molecular weight excluding hydrogens is 434 g/mol. The summed E-state index contributed by atoms with van der Waals surface area (Å²) >= 11 is 3.36. The molecule has 8 heteroatoms. The van der Waals surface area contributed by atoms with E-state index >= 15 is 0 Å². The van der Waals surface area contributed by atoms with Gasteiger partial charge in [-0.05, 0) is 43.3 Å². The van der Waals surface area contributed by atoms with E-state index in [1.165, 1.54) is 17.1 Å². The summed E-state index contributed by atoms with van der Waals surface area (Å²) in [5.74, 6) is -0.172. The number of aromatic nitrogens is 4. The Kier molecular flexibility index (Phi) is 5.26. The number of amides is 1. The molecule has 1 amide bonds. The summed E-state index contributed by atoms with van der Waals surface area (Å²) in [6, 6.07) is 15.1. The van der Waals surface area contributed by atoms with Crippen LogP contribution in [0.4, 0.5) is 5.69 Å². The molecule has 0 atom stereocenters. The van der Waals surface area contributed by atoms with Crippen molar-refractivity contribution >= 4 is 38.6 Å². The summed E-state index contributed by atoms with van der Waals surface area (Å²) in [6.07, 6.45) is 3.14. The molecule has 7 nitrogen and oxygen atoms in total. The number of aryl methyl sites for hydroxylation is 2. The minimum atomic E-state index is -0.218. The molecule has 4 rings (SSSR count). The van der Waals surface area contributed by atoms with Crippen LogP contribution in [0.3, 0.4) is 0 Å². The number of halogens is 1. The number of hydrogen-bond acceptors (Lipinski definition) is 4. The fourth-order valence-electron chi connectivity index (χ4n) is 2.96. The summed E-state index contributed by atoms with van der Waals surface area (Å²) in [7, 11) is 0. The van der Waals surface area contributed by atoms with Gasteiger partial charge in [-0.2, -0.15) is 5.10 Å². The maximum atomic E-state index is 12.8. The highest BCUT2D eigenvalue weighted by molar-refractivity contribution is 9.10. The van der Waals surface area contributed by atoms with Gasteiger partial charge in [0.1, 0.15) is 5.39 Å². The topological polar surface area (TPSA) is 81.8 Å². The van der Waals surface area contributed by atoms with E-state index in [1.54, 1.807) is 16.8 Å². The molecule has 0 aliphatic rings. The van der Waals surface area contributed by atoms with Crippen LogP contribution < -0.4 is 10.9 Å². The van der Waals surface area contributed by atoms with Crippen molar-refractivity contribution in [2.75, 3.05) is 5.32 Å². The zero-order chi connectivity index (χ0) is 20.4. The van der Waals surface area contributed by atoms with Crippen LogP contribution in [0, 0.1) is 6.92 Å². The number of benzene rings is 2. The molecule has 2 aromatic heterocycles. The van der Waals surface area contributed by atoms with Crippen LogP contribution in [0.1, 0.15) is 12.0 Å². The number of nitrogens with zero attached hydrogens (tertiary/aromatic N) is 4. The highest BCUT2D eigenvalue weighted by atomic mass is 79.9. The predicted octanol–water partition coefficient (Wildman–Crippen LogP) is 3.68. The predicted molar refractivity (Wildman–Crippen MR) is 115 cm³/mol. The van der Waals surface area contributed by atoms with E-state index in [9.17, 15) is 9.59 Å². The number of carbonyl (C=O) groups excluding carboxylic acids is 1. The molecule has 0 unspecified atom stereocenters. The zero-order valence-electron chi connectivity index (χ0n) is 15.7. The fraction of sp³-hybridized carbons (Fsp3) is 0.143. The van der Waals surface area contributed by atoms with Crippen molar-refractivity contribution in [3.05, 3.63) is 81.4 Å². The molecule has 146 valence electrons. The third-order valence-electron chi connectivity index (χ3n) is 4.54. The van der Waals surface area contributed by atoms with Crippen molar-refractivity contribution in [2.45, 2.75) is 19.9 Å². The maximum absolute atomic E-state index is 12.8. The lowest BCUT2D eigenvalue weighted by molar-refractivity contribution is -0.116. The van der Waals surface area contributed by atoms with Crippen LogP contribution in [0.15, 0.2) is 70.3 Å². The fourth-order valence-corrected chi connectivity index (χ4v) is 3.23. The van der Waals surface area contributed by atoms with Crippen LogP contribution in [0.2, 0.25) is 0 Å². The molecular formula is C21H18BrN5O2. The molecule has 29 heavy (non-hydrogen) atoms. The van der Waals surface area contributed by atoms with Crippen LogP contribution in [-0.4, -0.2) is 25.2 Å². The number of anilines is 1. The summed E-state index contributed by atoms with van der Waals surface area (Å²) < 4.78 is 4.01. The number of carbonyl (C=O) groups is 1. The quantitative estimate of drug-likeness (QED) is 0.501. The van der Waals surface area contributed by atoms with Crippen molar-refractivity contribution in [1.82, 2.24) is 19.3 Å². The molecule has 4 aromatic rings. The van der Waals surface area contributed by atoms with Gasteiger partial charge in [0, 0.05) is 23.1 Å². The Morgan fingerprint density at radius 2 is 1.83 bits per heavy atom. The monoisotopic (exact) mass is 451 g/mol. The Morgan fingerprint density at radius 3 is 2.55 bits per heavy atom. The van der Waals surface area contributed by atoms with E-state index < -0.39 is 0 Å². The van der Waals surface area contributed by atoms with E-state index in [0.717, 1.165) is 15.7 Å². The van der Waals surface area contributed by atoms with Gasteiger partial charge in [0.25, 0.3) is 5.56 Å². The smallest absolute Gasteiger partial charge is 0.264 e. The first-order valence-electron chi connectivity index (χ1n) is 9.07. The van der Waals surface area contributed by atoms with E-state index in [2.05, 4.69) is 31.3 Å². The summed E-state index contributed by atoms with van der Waals surface area (Å²) in [5, 5.41) is 7.55. The van der Waals surface area contributed by atoms with Crippen LogP contribution >= 0.6 is 15.9 Å². The minimum Gasteiger partial charge on any atom is -0.326 e. The first-order chi connectivity index (χ1) is 14.0. The Hall–Kier alpha value is -3.26. The van der Waals surface area contributed by atoms with Crippen molar-refractivity contribution < 1.29 is 4.79 Å². The van der Waals surface area contributed by atoms with Gasteiger partial charge in [-0.15, -0.1) is 0 Å². The Morgan fingerprint density at radius 1 is 1.10 bits per heavy atom. The number of fused-ring (bicyclic) bond motifs is 1. The molecule has 0 saturated carbocycles. The molecule has 0 aliphatic heterocycles. The van der Waals surface area contributed by atoms with Crippen LogP contribution in [0.25, 0.3) is 16.7 Å². The molecule has 0 fully saturated rings. The van der Waals surface area contributed by atoms with Crippen molar-refractivity contribution in [3.63, 3.8) is 0 Å². The van der Waals surface area contributed by atoms with Gasteiger partial charge in [0.05, 0.1) is 18.2 Å². The van der Waals surface area contributed by atoms with Gasteiger partial charge in [-0.1, -0.05) is 33.6 Å². The minimum absolute atomic E-state index is 0.162. The number of hydrogen-bond donors (Lipinski definition) is 1. The highest BCUT2D eigenvalue weighted by Crippen LogP contribution is 2.15. The summed E-state index contributed by atoms with van der Waals surface area (Å²) in [6.45, 7) is 2.24. The van der Waals surface area contributed by atoms with E-state index in [-0.39, 0.29) is 24.4 Å². The van der Waals surface area contributed by atoms with Crippen LogP contribution in [0.5, 0.6) is 0 Å². The van der Waals surface area contributed by atoms with Gasteiger partial charge >= 0.3 is 0 Å². The molecule has 2 aromatic carbocycles. The molecule has 0 radical (unpaired) electrons. The van der Waals surface area contributed by atoms with Gasteiger partial charge in [-0.3, -0.25) is 14.2 Å². The Bertz CT molecular complexity index is 1230. The zero-order valence-corrected chi connectivity index (χ0v) is 17.3. The standard InChI is InChI=1S/C21H18BrN5O2/c1-14-2-8-17(9-3-14)27-20-18(12-24-27)21(29)26(13-23-20)11-10-19(28)25-16-6-4-15(22)5-7-16/h2-9,12-13H,10-11H2,1H3,(H,25,28). The Balaban J connectivity index is 1.51. The highest BCUT2D eigenvalue weighted by Gasteiger charge is 2.12.